The van der Waals surface area contributed by atoms with E-state index in [2.05, 4.69) is 10.2 Å². The van der Waals surface area contributed by atoms with E-state index in [0.29, 0.717) is 23.0 Å². The molecule has 0 unspecified atom stereocenters. The molecule has 0 spiro atoms. The molecule has 19 heavy (non-hydrogen) atoms. The molecule has 3 N–H and O–H groups in total. The van der Waals surface area contributed by atoms with Gasteiger partial charge >= 0.3 is 0 Å². The van der Waals surface area contributed by atoms with Gasteiger partial charge in [0.25, 0.3) is 0 Å². The zero-order valence-electron chi connectivity index (χ0n) is 10.7. The zero-order valence-corrected chi connectivity index (χ0v) is 10.7. The molecule has 4 nitrogen and oxygen atoms in total. The number of nitrogen functional groups attached to an aromatic ring is 1. The predicted octanol–water partition coefficient (Wildman–Crippen LogP) is 3.09. The summed E-state index contributed by atoms with van der Waals surface area (Å²) in [6.45, 7) is 0. The van der Waals surface area contributed by atoms with Crippen molar-refractivity contribution < 1.29 is 5.11 Å². The molecule has 4 heteroatoms. The minimum Gasteiger partial charge on any atom is -0.507 e. The summed E-state index contributed by atoms with van der Waals surface area (Å²) in [6.07, 6.45) is 4.82. The van der Waals surface area contributed by atoms with Crippen LogP contribution in [0.1, 0.15) is 37.2 Å². The quantitative estimate of drug-likeness (QED) is 0.865. The van der Waals surface area contributed by atoms with Crippen molar-refractivity contribution in [2.45, 2.75) is 31.6 Å². The van der Waals surface area contributed by atoms with E-state index in [9.17, 15) is 5.11 Å². The summed E-state index contributed by atoms with van der Waals surface area (Å²) >= 11 is 0. The number of aromatic hydroxyl groups is 1. The van der Waals surface area contributed by atoms with Crippen molar-refractivity contribution in [3.8, 4) is 17.0 Å². The third-order valence-electron chi connectivity index (χ3n) is 3.83. The molecule has 0 saturated heterocycles. The fraction of sp³-hybridized carbons (Fsp3) is 0.333. The molecule has 0 radical (unpaired) electrons. The number of phenolic OH excluding ortho intramolecular Hbond substituents is 1. The third kappa shape index (κ3) is 2.26. The number of hydrogen-bond donors (Lipinski definition) is 2. The first-order chi connectivity index (χ1) is 9.25. The molecule has 98 valence electrons. The van der Waals surface area contributed by atoms with Crippen molar-refractivity contribution in [3.05, 3.63) is 35.9 Å². The highest BCUT2D eigenvalue weighted by atomic mass is 16.3. The fourth-order valence-electron chi connectivity index (χ4n) is 2.80. The first-order valence-corrected chi connectivity index (χ1v) is 6.67. The molecule has 0 atom stereocenters. The van der Waals surface area contributed by atoms with Gasteiger partial charge < -0.3 is 10.8 Å². The number of nitrogens with zero attached hydrogens (tertiary/aromatic N) is 2. The largest absolute Gasteiger partial charge is 0.507 e. The number of hydrogen-bond acceptors (Lipinski definition) is 4. The van der Waals surface area contributed by atoms with Crippen LogP contribution >= 0.6 is 0 Å². The minimum atomic E-state index is 0.221. The van der Waals surface area contributed by atoms with Crippen LogP contribution in [0.4, 0.5) is 5.82 Å². The first-order valence-electron chi connectivity index (χ1n) is 6.67. The van der Waals surface area contributed by atoms with Crippen molar-refractivity contribution in [3.63, 3.8) is 0 Å². The second-order valence-corrected chi connectivity index (χ2v) is 5.07. The van der Waals surface area contributed by atoms with Gasteiger partial charge in [-0.3, -0.25) is 0 Å². The molecular weight excluding hydrogens is 238 g/mol. The van der Waals surface area contributed by atoms with Gasteiger partial charge in [0.1, 0.15) is 11.6 Å². The summed E-state index contributed by atoms with van der Waals surface area (Å²) in [5.41, 5.74) is 8.42. The van der Waals surface area contributed by atoms with Crippen LogP contribution in [-0.4, -0.2) is 15.3 Å². The molecule has 1 aromatic carbocycles. The average Bonchev–Trinajstić information content (AvgIpc) is 2.94. The van der Waals surface area contributed by atoms with Crippen LogP contribution in [0, 0.1) is 0 Å². The van der Waals surface area contributed by atoms with Crippen molar-refractivity contribution >= 4 is 5.82 Å². The SMILES string of the molecule is Nc1nnc(-c2ccccc2O)cc1C1CCCC1. The second-order valence-electron chi connectivity index (χ2n) is 5.07. The Morgan fingerprint density at radius 3 is 2.58 bits per heavy atom. The maximum atomic E-state index is 9.89. The van der Waals surface area contributed by atoms with Crippen molar-refractivity contribution in [2.24, 2.45) is 0 Å². The second kappa shape index (κ2) is 4.88. The van der Waals surface area contributed by atoms with Gasteiger partial charge in [0.15, 0.2) is 0 Å². The van der Waals surface area contributed by atoms with E-state index < -0.39 is 0 Å². The van der Waals surface area contributed by atoms with E-state index >= 15 is 0 Å². The summed E-state index contributed by atoms with van der Waals surface area (Å²) in [5.74, 6) is 1.23. The summed E-state index contributed by atoms with van der Waals surface area (Å²) in [4.78, 5) is 0. The van der Waals surface area contributed by atoms with Crippen LogP contribution in [0.3, 0.4) is 0 Å². The lowest BCUT2D eigenvalue weighted by molar-refractivity contribution is 0.477. The maximum Gasteiger partial charge on any atom is 0.149 e. The van der Waals surface area contributed by atoms with E-state index in [1.54, 1.807) is 12.1 Å². The molecule has 1 aliphatic carbocycles. The Labute approximate surface area is 112 Å². The van der Waals surface area contributed by atoms with Gasteiger partial charge in [-0.05, 0) is 37.0 Å². The van der Waals surface area contributed by atoms with Gasteiger partial charge in [-0.15, -0.1) is 10.2 Å². The number of rotatable bonds is 2. The Morgan fingerprint density at radius 1 is 1.11 bits per heavy atom. The monoisotopic (exact) mass is 255 g/mol. The van der Waals surface area contributed by atoms with E-state index in [1.165, 1.54) is 12.8 Å². The number of benzene rings is 1. The molecule has 1 saturated carbocycles. The van der Waals surface area contributed by atoms with Crippen molar-refractivity contribution in [1.82, 2.24) is 10.2 Å². The van der Waals surface area contributed by atoms with Crippen molar-refractivity contribution in [2.75, 3.05) is 5.73 Å². The van der Waals surface area contributed by atoms with E-state index in [1.807, 2.05) is 18.2 Å². The lowest BCUT2D eigenvalue weighted by Gasteiger charge is -2.13. The number of phenols is 1. The van der Waals surface area contributed by atoms with Crippen molar-refractivity contribution in [1.29, 1.82) is 0 Å². The van der Waals surface area contributed by atoms with Gasteiger partial charge in [-0.2, -0.15) is 0 Å². The number of para-hydroxylation sites is 1. The molecule has 0 bridgehead atoms. The first kappa shape index (κ1) is 12.0. The van der Waals surface area contributed by atoms with Crippen LogP contribution in [0.15, 0.2) is 30.3 Å². The van der Waals surface area contributed by atoms with Gasteiger partial charge in [-0.25, -0.2) is 0 Å². The van der Waals surface area contributed by atoms with Crippen LogP contribution in [0.25, 0.3) is 11.3 Å². The average molecular weight is 255 g/mol. The number of aromatic nitrogens is 2. The van der Waals surface area contributed by atoms with E-state index in [0.717, 1.165) is 18.4 Å². The molecule has 1 aliphatic rings. The van der Waals surface area contributed by atoms with Gasteiger partial charge in [0.05, 0.1) is 5.69 Å². The normalized spacial score (nSPS) is 15.8. The Hall–Kier alpha value is -2.10. The van der Waals surface area contributed by atoms with E-state index in [-0.39, 0.29) is 5.75 Å². The third-order valence-corrected chi connectivity index (χ3v) is 3.83. The Balaban J connectivity index is 2.04. The molecule has 1 fully saturated rings. The zero-order chi connectivity index (χ0) is 13.2. The standard InChI is InChI=1S/C15H17N3O/c16-15-12(10-5-1-2-6-10)9-13(17-18-15)11-7-3-4-8-14(11)19/h3-4,7-10,19H,1-2,5-6H2,(H2,16,18). The fourth-order valence-corrected chi connectivity index (χ4v) is 2.80. The molecule has 1 heterocycles. The van der Waals surface area contributed by atoms with Crippen LogP contribution < -0.4 is 5.73 Å². The highest BCUT2D eigenvalue weighted by Gasteiger charge is 2.21. The lowest BCUT2D eigenvalue weighted by Crippen LogP contribution is -2.04. The molecule has 0 amide bonds. The molecule has 2 aromatic rings. The summed E-state index contributed by atoms with van der Waals surface area (Å²) in [7, 11) is 0. The molecule has 1 aromatic heterocycles. The maximum absolute atomic E-state index is 9.89. The van der Waals surface area contributed by atoms with Crippen LogP contribution in [0.2, 0.25) is 0 Å². The van der Waals surface area contributed by atoms with E-state index in [4.69, 9.17) is 5.73 Å². The molecule has 3 rings (SSSR count). The topological polar surface area (TPSA) is 72.0 Å². The number of nitrogens with two attached hydrogens (primary N) is 1. The van der Waals surface area contributed by atoms with Crippen LogP contribution in [-0.2, 0) is 0 Å². The lowest BCUT2D eigenvalue weighted by atomic mass is 9.97. The molecular formula is C15H17N3O. The van der Waals surface area contributed by atoms with Gasteiger partial charge in [-0.1, -0.05) is 25.0 Å². The van der Waals surface area contributed by atoms with Gasteiger partial charge in [0.2, 0.25) is 0 Å². The summed E-state index contributed by atoms with van der Waals surface area (Å²) in [5, 5.41) is 18.1. The highest BCUT2D eigenvalue weighted by molar-refractivity contribution is 5.67. The predicted molar refractivity (Wildman–Crippen MR) is 74.8 cm³/mol. The summed E-state index contributed by atoms with van der Waals surface area (Å²) in [6, 6.07) is 9.15. The number of anilines is 1. The van der Waals surface area contributed by atoms with Gasteiger partial charge in [0, 0.05) is 11.1 Å². The summed E-state index contributed by atoms with van der Waals surface area (Å²) < 4.78 is 0. The Bertz CT molecular complexity index is 592. The minimum absolute atomic E-state index is 0.221. The Morgan fingerprint density at radius 2 is 1.84 bits per heavy atom. The smallest absolute Gasteiger partial charge is 0.149 e. The Kier molecular flexibility index (Phi) is 3.07. The van der Waals surface area contributed by atoms with Crippen LogP contribution in [0.5, 0.6) is 5.75 Å². The highest BCUT2D eigenvalue weighted by Crippen LogP contribution is 2.38. The molecule has 0 aliphatic heterocycles.